The Bertz CT molecular complexity index is 775. The van der Waals surface area contributed by atoms with E-state index in [-0.39, 0.29) is 5.69 Å². The second kappa shape index (κ2) is 5.22. The van der Waals surface area contributed by atoms with Crippen molar-refractivity contribution in [1.29, 1.82) is 0 Å². The topological polar surface area (TPSA) is 73.0 Å². The molecule has 102 valence electrons. The monoisotopic (exact) mass is 269 g/mol. The van der Waals surface area contributed by atoms with Crippen LogP contribution < -0.4 is 16.2 Å². The maximum Gasteiger partial charge on any atom is 0.326 e. The van der Waals surface area contributed by atoms with Gasteiger partial charge < -0.3 is 15.5 Å². The Balaban J connectivity index is 1.97. The lowest BCUT2D eigenvalue weighted by molar-refractivity contribution is 0.483. The molecule has 1 heterocycles. The highest BCUT2D eigenvalue weighted by molar-refractivity contribution is 5.77. The number of hydrogen-bond acceptors (Lipinski definition) is 3. The van der Waals surface area contributed by atoms with Gasteiger partial charge in [0.2, 0.25) is 0 Å². The molecule has 5 heteroatoms. The van der Waals surface area contributed by atoms with Crippen LogP contribution in [0.5, 0.6) is 11.5 Å². The molecule has 0 aliphatic carbocycles. The fraction of sp³-hybridized carbons (Fsp3) is 0.133. The minimum absolute atomic E-state index is 0.151. The van der Waals surface area contributed by atoms with Crippen molar-refractivity contribution in [3.05, 3.63) is 59.0 Å². The van der Waals surface area contributed by atoms with Crippen LogP contribution in [-0.4, -0.2) is 16.1 Å². The summed E-state index contributed by atoms with van der Waals surface area (Å²) in [5, 5.41) is 0. The first-order valence-electron chi connectivity index (χ1n) is 6.43. The molecule has 0 saturated heterocycles. The molecule has 0 atom stereocenters. The van der Waals surface area contributed by atoms with Crippen LogP contribution in [0, 0.1) is 0 Å². The van der Waals surface area contributed by atoms with E-state index in [9.17, 15) is 4.79 Å². The molecular formula is C15H15N3O2. The largest absolute Gasteiger partial charge is 0.457 e. The third-order valence-corrected chi connectivity index (χ3v) is 3.08. The first-order chi connectivity index (χ1) is 9.78. The highest BCUT2D eigenvalue weighted by Crippen LogP contribution is 2.24. The summed E-state index contributed by atoms with van der Waals surface area (Å²) in [6.07, 6.45) is 0. The summed E-state index contributed by atoms with van der Waals surface area (Å²) in [5.74, 6) is 1.44. The van der Waals surface area contributed by atoms with Crippen molar-refractivity contribution in [3.8, 4) is 11.5 Å². The number of nitrogens with two attached hydrogens (primary N) is 1. The molecule has 0 saturated carbocycles. The number of imidazole rings is 1. The van der Waals surface area contributed by atoms with Gasteiger partial charge in [-0.3, -0.25) is 4.57 Å². The van der Waals surface area contributed by atoms with Gasteiger partial charge in [0, 0.05) is 19.2 Å². The molecule has 2 aromatic carbocycles. The zero-order valence-corrected chi connectivity index (χ0v) is 10.9. The summed E-state index contributed by atoms with van der Waals surface area (Å²) in [6, 6.07) is 15.0. The average Bonchev–Trinajstić information content (AvgIpc) is 2.76. The van der Waals surface area contributed by atoms with Crippen LogP contribution in [0.1, 0.15) is 0 Å². The molecule has 0 radical (unpaired) electrons. The van der Waals surface area contributed by atoms with E-state index in [0.29, 0.717) is 18.8 Å². The molecule has 20 heavy (non-hydrogen) atoms. The third kappa shape index (κ3) is 2.31. The van der Waals surface area contributed by atoms with Crippen LogP contribution in [-0.2, 0) is 6.54 Å². The molecule has 5 nitrogen and oxygen atoms in total. The van der Waals surface area contributed by atoms with Gasteiger partial charge in [-0.25, -0.2) is 4.79 Å². The van der Waals surface area contributed by atoms with E-state index in [0.717, 1.165) is 16.8 Å². The molecule has 0 fully saturated rings. The standard InChI is InChI=1S/C15H15N3O2/c16-8-9-18-14-7-6-12(10-13(14)17-15(18)19)20-11-4-2-1-3-5-11/h1-7,10H,8-9,16H2,(H,17,19). The van der Waals surface area contributed by atoms with Crippen molar-refractivity contribution in [3.63, 3.8) is 0 Å². The van der Waals surface area contributed by atoms with Crippen molar-refractivity contribution in [1.82, 2.24) is 9.55 Å². The molecule has 0 aliphatic rings. The van der Waals surface area contributed by atoms with E-state index in [1.54, 1.807) is 4.57 Å². The summed E-state index contributed by atoms with van der Waals surface area (Å²) in [5.41, 5.74) is 6.94. The number of benzene rings is 2. The SMILES string of the molecule is NCCn1c(=O)[nH]c2cc(Oc3ccccc3)ccc21. The predicted molar refractivity (Wildman–Crippen MR) is 78.1 cm³/mol. The molecule has 3 rings (SSSR count). The first kappa shape index (κ1) is 12.5. The zero-order chi connectivity index (χ0) is 13.9. The normalized spacial score (nSPS) is 10.8. The molecular weight excluding hydrogens is 254 g/mol. The van der Waals surface area contributed by atoms with Crippen LogP contribution in [0.3, 0.4) is 0 Å². The molecule has 3 N–H and O–H groups in total. The summed E-state index contributed by atoms with van der Waals surface area (Å²) >= 11 is 0. The molecule has 0 unspecified atom stereocenters. The van der Waals surface area contributed by atoms with Crippen LogP contribution in [0.2, 0.25) is 0 Å². The number of para-hydroxylation sites is 1. The van der Waals surface area contributed by atoms with Crippen molar-refractivity contribution in [2.75, 3.05) is 6.54 Å². The minimum atomic E-state index is -0.151. The van der Waals surface area contributed by atoms with Gasteiger partial charge in [-0.05, 0) is 24.3 Å². The van der Waals surface area contributed by atoms with Gasteiger partial charge in [0.05, 0.1) is 11.0 Å². The van der Waals surface area contributed by atoms with Gasteiger partial charge in [-0.2, -0.15) is 0 Å². The van der Waals surface area contributed by atoms with Crippen LogP contribution in [0.4, 0.5) is 0 Å². The van der Waals surface area contributed by atoms with Crippen LogP contribution in [0.15, 0.2) is 53.3 Å². The lowest BCUT2D eigenvalue weighted by atomic mass is 10.3. The Morgan fingerprint density at radius 2 is 1.90 bits per heavy atom. The molecule has 0 bridgehead atoms. The smallest absolute Gasteiger partial charge is 0.326 e. The van der Waals surface area contributed by atoms with Gasteiger partial charge in [0.15, 0.2) is 0 Å². The minimum Gasteiger partial charge on any atom is -0.457 e. The summed E-state index contributed by atoms with van der Waals surface area (Å²) in [4.78, 5) is 14.6. The Morgan fingerprint density at radius 1 is 1.10 bits per heavy atom. The summed E-state index contributed by atoms with van der Waals surface area (Å²) in [6.45, 7) is 0.923. The van der Waals surface area contributed by atoms with Gasteiger partial charge in [0.1, 0.15) is 11.5 Å². The van der Waals surface area contributed by atoms with E-state index in [1.165, 1.54) is 0 Å². The quantitative estimate of drug-likeness (QED) is 0.761. The van der Waals surface area contributed by atoms with E-state index >= 15 is 0 Å². The molecule has 0 amide bonds. The van der Waals surface area contributed by atoms with E-state index in [2.05, 4.69) is 4.98 Å². The number of H-pyrrole nitrogens is 1. The van der Waals surface area contributed by atoms with Crippen molar-refractivity contribution in [2.45, 2.75) is 6.54 Å². The Labute approximate surface area is 115 Å². The number of nitrogens with one attached hydrogen (secondary N) is 1. The summed E-state index contributed by atoms with van der Waals surface area (Å²) in [7, 11) is 0. The van der Waals surface area contributed by atoms with Crippen LogP contribution in [0.25, 0.3) is 11.0 Å². The van der Waals surface area contributed by atoms with Crippen molar-refractivity contribution in [2.24, 2.45) is 5.73 Å². The second-order valence-electron chi connectivity index (χ2n) is 4.46. The molecule has 0 spiro atoms. The average molecular weight is 269 g/mol. The number of fused-ring (bicyclic) bond motifs is 1. The maximum atomic E-state index is 11.8. The van der Waals surface area contributed by atoms with Gasteiger partial charge in [-0.1, -0.05) is 18.2 Å². The number of rotatable bonds is 4. The Kier molecular flexibility index (Phi) is 3.26. The fourth-order valence-electron chi connectivity index (χ4n) is 2.18. The lowest BCUT2D eigenvalue weighted by Crippen LogP contribution is -2.21. The number of nitrogens with zero attached hydrogens (tertiary/aromatic N) is 1. The predicted octanol–water partition coefficient (Wildman–Crippen LogP) is 2.08. The van der Waals surface area contributed by atoms with Crippen molar-refractivity contribution < 1.29 is 4.74 Å². The van der Waals surface area contributed by atoms with E-state index < -0.39 is 0 Å². The highest BCUT2D eigenvalue weighted by atomic mass is 16.5. The summed E-state index contributed by atoms with van der Waals surface area (Å²) < 4.78 is 7.37. The molecule has 1 aromatic heterocycles. The van der Waals surface area contributed by atoms with Gasteiger partial charge in [0.25, 0.3) is 0 Å². The third-order valence-electron chi connectivity index (χ3n) is 3.08. The fourth-order valence-corrected chi connectivity index (χ4v) is 2.18. The first-order valence-corrected chi connectivity index (χ1v) is 6.43. The highest BCUT2D eigenvalue weighted by Gasteiger charge is 2.07. The number of aromatic amines is 1. The lowest BCUT2D eigenvalue weighted by Gasteiger charge is -2.06. The zero-order valence-electron chi connectivity index (χ0n) is 10.9. The van der Waals surface area contributed by atoms with Crippen LogP contribution >= 0.6 is 0 Å². The van der Waals surface area contributed by atoms with E-state index in [4.69, 9.17) is 10.5 Å². The Morgan fingerprint density at radius 3 is 2.65 bits per heavy atom. The molecule has 3 aromatic rings. The Hall–Kier alpha value is -2.53. The van der Waals surface area contributed by atoms with Gasteiger partial charge >= 0.3 is 5.69 Å². The van der Waals surface area contributed by atoms with Crippen molar-refractivity contribution >= 4 is 11.0 Å². The van der Waals surface area contributed by atoms with Gasteiger partial charge in [-0.15, -0.1) is 0 Å². The number of hydrogen-bond donors (Lipinski definition) is 2. The van der Waals surface area contributed by atoms with E-state index in [1.807, 2.05) is 48.5 Å². The number of aromatic nitrogens is 2. The second-order valence-corrected chi connectivity index (χ2v) is 4.46. The maximum absolute atomic E-state index is 11.8. The molecule has 0 aliphatic heterocycles. The number of ether oxygens (including phenoxy) is 1.